The summed E-state index contributed by atoms with van der Waals surface area (Å²) in [4.78, 5) is 69.0. The van der Waals surface area contributed by atoms with E-state index in [9.17, 15) is 32.4 Å². The summed E-state index contributed by atoms with van der Waals surface area (Å²) in [6.45, 7) is 20.9. The van der Waals surface area contributed by atoms with Crippen molar-refractivity contribution in [3.05, 3.63) is 30.2 Å². The van der Waals surface area contributed by atoms with Crippen LogP contribution in [0, 0.1) is 28.1 Å². The Morgan fingerprint density at radius 3 is 2.24 bits per heavy atom. The molecule has 50 heavy (non-hydrogen) atoms. The van der Waals surface area contributed by atoms with Crippen molar-refractivity contribution < 1.29 is 32.4 Å². The minimum atomic E-state index is -3.78. The topological polar surface area (TPSA) is 174 Å². The number of piperidine rings is 1. The van der Waals surface area contributed by atoms with Crippen molar-refractivity contribution in [2.45, 2.75) is 104 Å². The molecule has 2 heterocycles. The van der Waals surface area contributed by atoms with Gasteiger partial charge in [-0.05, 0) is 45.9 Å². The summed E-state index contributed by atoms with van der Waals surface area (Å²) < 4.78 is 27.7. The first-order valence-corrected chi connectivity index (χ1v) is 19.4. The highest BCUT2D eigenvalue weighted by Gasteiger charge is 2.70. The molecule has 15 heteroatoms. The van der Waals surface area contributed by atoms with Gasteiger partial charge in [-0.2, -0.15) is 4.31 Å². The predicted molar refractivity (Wildman–Crippen MR) is 194 cm³/mol. The van der Waals surface area contributed by atoms with Crippen LogP contribution in [0.5, 0.6) is 0 Å². The molecule has 280 valence electrons. The minimum Gasteiger partial charge on any atom is -0.346 e. The Balaban J connectivity index is 1.83. The molecule has 0 spiro atoms. The molecule has 2 aliphatic rings. The van der Waals surface area contributed by atoms with Gasteiger partial charge in [0.1, 0.15) is 16.3 Å². The lowest BCUT2D eigenvalue weighted by Gasteiger charge is -2.39. The monoisotopic (exact) mass is 736 g/mol. The molecule has 0 bridgehead atoms. The molecular formula is C35H56N6O7S2. The van der Waals surface area contributed by atoms with Gasteiger partial charge in [0, 0.05) is 32.7 Å². The summed E-state index contributed by atoms with van der Waals surface area (Å²) in [7, 11) is -2.31. The van der Waals surface area contributed by atoms with Crippen LogP contribution in [0.4, 0.5) is 4.79 Å². The van der Waals surface area contributed by atoms with Gasteiger partial charge < -0.3 is 26.2 Å². The number of rotatable bonds is 15. The summed E-state index contributed by atoms with van der Waals surface area (Å²) in [6.07, 6.45) is 2.23. The van der Waals surface area contributed by atoms with Crippen LogP contribution in [-0.2, 0) is 29.2 Å². The van der Waals surface area contributed by atoms with Crippen molar-refractivity contribution in [3.63, 3.8) is 0 Å². The van der Waals surface area contributed by atoms with E-state index >= 15 is 0 Å². The second-order valence-electron chi connectivity index (χ2n) is 16.2. The molecule has 4 N–H and O–H groups in total. The van der Waals surface area contributed by atoms with Gasteiger partial charge in [-0.15, -0.1) is 17.9 Å². The maximum atomic E-state index is 14.4. The molecule has 1 aliphatic carbocycles. The van der Waals surface area contributed by atoms with Crippen LogP contribution in [-0.4, -0.2) is 98.0 Å². The minimum absolute atomic E-state index is 0.0125. The van der Waals surface area contributed by atoms with Crippen LogP contribution >= 0.6 is 11.3 Å². The van der Waals surface area contributed by atoms with Gasteiger partial charge in [0.25, 0.3) is 15.9 Å². The van der Waals surface area contributed by atoms with E-state index < -0.39 is 74.6 Å². The van der Waals surface area contributed by atoms with Crippen LogP contribution in [0.1, 0.15) is 75.2 Å². The lowest BCUT2D eigenvalue weighted by molar-refractivity contribution is -0.145. The SMILES string of the molecule is C=CCNC(=O)C(=O)C(CCC)NC(=O)[C@@H]1C2[C@H](CN1C(=O)[C@@H](NC(=O)N[C@H](CN(C)S(=O)(=O)c1cccs1)C(C)(C)C)C(C)(C)C)C2(C)C. The van der Waals surface area contributed by atoms with Gasteiger partial charge in [0.15, 0.2) is 0 Å². The van der Waals surface area contributed by atoms with Crippen molar-refractivity contribution in [3.8, 4) is 0 Å². The Labute approximate surface area is 301 Å². The van der Waals surface area contributed by atoms with Crippen LogP contribution in [0.25, 0.3) is 0 Å². The third kappa shape index (κ3) is 9.13. The van der Waals surface area contributed by atoms with Crippen molar-refractivity contribution in [2.24, 2.45) is 28.1 Å². The van der Waals surface area contributed by atoms with E-state index in [0.717, 1.165) is 11.3 Å². The van der Waals surface area contributed by atoms with Gasteiger partial charge in [-0.3, -0.25) is 19.2 Å². The van der Waals surface area contributed by atoms with Gasteiger partial charge >= 0.3 is 6.03 Å². The van der Waals surface area contributed by atoms with E-state index in [4.69, 9.17) is 0 Å². The van der Waals surface area contributed by atoms with Crippen molar-refractivity contribution in [1.29, 1.82) is 0 Å². The van der Waals surface area contributed by atoms with Gasteiger partial charge in [-0.1, -0.05) is 80.9 Å². The van der Waals surface area contributed by atoms with Gasteiger partial charge in [0.2, 0.25) is 17.6 Å². The highest BCUT2D eigenvalue weighted by atomic mass is 32.2. The fourth-order valence-corrected chi connectivity index (χ4v) is 9.02. The van der Waals surface area contributed by atoms with E-state index in [0.29, 0.717) is 13.0 Å². The van der Waals surface area contributed by atoms with E-state index in [1.165, 1.54) is 28.4 Å². The number of likely N-dealkylation sites (N-methyl/N-ethyl adjacent to an activating group) is 1. The predicted octanol–water partition coefficient (Wildman–Crippen LogP) is 3.14. The Morgan fingerprint density at radius 1 is 1.08 bits per heavy atom. The molecule has 0 radical (unpaired) electrons. The van der Waals surface area contributed by atoms with Crippen LogP contribution in [0.15, 0.2) is 34.4 Å². The number of sulfonamides is 1. The zero-order valence-corrected chi connectivity index (χ0v) is 32.7. The summed E-state index contributed by atoms with van der Waals surface area (Å²) in [5.41, 5.74) is -1.56. The number of urea groups is 1. The number of ketones is 1. The maximum Gasteiger partial charge on any atom is 0.315 e. The summed E-state index contributed by atoms with van der Waals surface area (Å²) in [5, 5.41) is 12.7. The van der Waals surface area contributed by atoms with Crippen molar-refractivity contribution in [1.82, 2.24) is 30.5 Å². The fourth-order valence-electron chi connectivity index (χ4n) is 6.64. The number of likely N-dealkylation sites (tertiary alicyclic amines) is 1. The molecule has 2 fully saturated rings. The molecule has 2 unspecified atom stereocenters. The standard InChI is InChI=1S/C35H56N6O7S2/c1-12-15-22(27(42)30(44)36-17-13-2)37-29(43)26-25-21(35(25,9)10)19-41(26)31(45)28(34(6,7)8)39-32(46)38-23(33(3,4)5)20-40(11)50(47,48)24-16-14-18-49-24/h13-14,16,18,21-23,25-26,28H,2,12,15,17,19-20H2,1,3-11H3,(H,36,44)(H,37,43)(H2,38,39,46)/t21-,22?,23+,25?,26-,28+/m0/s1. The third-order valence-corrected chi connectivity index (χ3v) is 13.1. The lowest BCUT2D eigenvalue weighted by Crippen LogP contribution is -2.62. The van der Waals surface area contributed by atoms with Crippen LogP contribution < -0.4 is 21.3 Å². The van der Waals surface area contributed by atoms with Gasteiger partial charge in [0.05, 0.1) is 6.04 Å². The van der Waals surface area contributed by atoms with Crippen molar-refractivity contribution in [2.75, 3.05) is 26.7 Å². The zero-order chi connectivity index (χ0) is 38.0. The highest BCUT2D eigenvalue weighted by molar-refractivity contribution is 7.91. The van der Waals surface area contributed by atoms with E-state index in [1.807, 2.05) is 62.3 Å². The average Bonchev–Trinajstić information content (AvgIpc) is 3.47. The molecule has 13 nitrogen and oxygen atoms in total. The normalized spacial score (nSPS) is 21.7. The quantitative estimate of drug-likeness (QED) is 0.158. The molecule has 1 aliphatic heterocycles. The highest BCUT2D eigenvalue weighted by Crippen LogP contribution is 2.65. The second kappa shape index (κ2) is 15.5. The molecule has 6 atom stereocenters. The van der Waals surface area contributed by atoms with Crippen LogP contribution in [0.2, 0.25) is 0 Å². The summed E-state index contributed by atoms with van der Waals surface area (Å²) in [6, 6.07) is -1.11. The zero-order valence-electron chi connectivity index (χ0n) is 31.1. The lowest BCUT2D eigenvalue weighted by atomic mass is 9.85. The molecule has 0 aromatic carbocycles. The number of fused-ring (bicyclic) bond motifs is 1. The largest absolute Gasteiger partial charge is 0.346 e. The first-order valence-electron chi connectivity index (χ1n) is 17.1. The summed E-state index contributed by atoms with van der Waals surface area (Å²) in [5.74, 6) is -2.67. The van der Waals surface area contributed by atoms with Crippen molar-refractivity contribution >= 4 is 50.9 Å². The number of hydrogen-bond acceptors (Lipinski definition) is 8. The van der Waals surface area contributed by atoms with Gasteiger partial charge in [-0.25, -0.2) is 13.2 Å². The number of amides is 5. The van der Waals surface area contributed by atoms with Crippen LogP contribution in [0.3, 0.4) is 0 Å². The number of nitrogens with zero attached hydrogens (tertiary/aromatic N) is 2. The summed E-state index contributed by atoms with van der Waals surface area (Å²) >= 11 is 1.11. The number of carbonyl (C=O) groups excluding carboxylic acids is 5. The average molecular weight is 737 g/mol. The Hall–Kier alpha value is -3.30. The smallest absolute Gasteiger partial charge is 0.315 e. The van der Waals surface area contributed by atoms with E-state index in [1.54, 1.807) is 11.4 Å². The molecular weight excluding hydrogens is 681 g/mol. The Kier molecular flexibility index (Phi) is 12.8. The fraction of sp³-hybridized carbons (Fsp3) is 0.686. The molecule has 5 amide bonds. The Morgan fingerprint density at radius 2 is 1.72 bits per heavy atom. The number of Topliss-reactive ketones (excluding diaryl/α,β-unsaturated/α-hetero) is 1. The number of hydrogen-bond donors (Lipinski definition) is 4. The molecule has 1 saturated heterocycles. The molecule has 1 aromatic rings. The molecule has 1 aromatic heterocycles. The first kappa shape index (κ1) is 41.1. The number of thiophene rings is 1. The Bertz CT molecular complexity index is 1550. The van der Waals surface area contributed by atoms with E-state index in [-0.39, 0.29) is 41.0 Å². The number of nitrogens with one attached hydrogen (secondary N) is 4. The molecule has 3 rings (SSSR count). The third-order valence-electron chi connectivity index (χ3n) is 9.94. The second-order valence-corrected chi connectivity index (χ2v) is 19.4. The van der Waals surface area contributed by atoms with E-state index in [2.05, 4.69) is 27.8 Å². The molecule has 1 saturated carbocycles. The first-order chi connectivity index (χ1) is 23.0. The number of carbonyl (C=O) groups is 5. The maximum absolute atomic E-state index is 14.4.